The maximum absolute atomic E-state index is 12.8. The standard InChI is InChI=1S/C53H98O9/c1-3-5-7-9-11-13-15-17-19-21-23-25-27-29-31-33-35-37-39-41-43-59-45-47(46-60-53-52(58)51(57)50(56)48(44-54)62-53)61-49(55)42-40-38-36-34-32-30-28-26-24-22-20-18-16-14-12-10-8-6-4-2/h12,14,18,20,24,26,47-48,50-54,56-58H,3-11,13,15-17,19,21-23,25,27-46H2,1-2H3/b14-12-,20-18-,26-24-. The van der Waals surface area contributed by atoms with Crippen LogP contribution in [0.3, 0.4) is 0 Å². The van der Waals surface area contributed by atoms with E-state index in [1.807, 2.05) is 0 Å². The zero-order valence-corrected chi connectivity index (χ0v) is 40.1. The Bertz CT molecular complexity index is 1050. The Morgan fingerprint density at radius 3 is 1.44 bits per heavy atom. The molecule has 0 saturated carbocycles. The number of aliphatic hydroxyl groups is 4. The van der Waals surface area contributed by atoms with Crippen LogP contribution in [0.4, 0.5) is 0 Å². The van der Waals surface area contributed by atoms with Crippen LogP contribution >= 0.6 is 0 Å². The summed E-state index contributed by atoms with van der Waals surface area (Å²) in [6.45, 7) is 4.56. The molecule has 1 aliphatic heterocycles. The summed E-state index contributed by atoms with van der Waals surface area (Å²) in [5, 5.41) is 40.2. The fourth-order valence-electron chi connectivity index (χ4n) is 7.97. The van der Waals surface area contributed by atoms with Crippen LogP contribution in [-0.2, 0) is 23.7 Å². The van der Waals surface area contributed by atoms with E-state index in [2.05, 4.69) is 50.3 Å². The van der Waals surface area contributed by atoms with Crippen molar-refractivity contribution in [2.24, 2.45) is 0 Å². The second kappa shape index (κ2) is 44.6. The molecule has 0 aliphatic carbocycles. The van der Waals surface area contributed by atoms with Crippen LogP contribution in [0.1, 0.15) is 232 Å². The van der Waals surface area contributed by atoms with Gasteiger partial charge in [0.05, 0.1) is 19.8 Å². The molecule has 1 aliphatic rings. The summed E-state index contributed by atoms with van der Waals surface area (Å²) in [5.41, 5.74) is 0. The van der Waals surface area contributed by atoms with Gasteiger partial charge in [0.1, 0.15) is 30.5 Å². The van der Waals surface area contributed by atoms with Crippen LogP contribution in [0.15, 0.2) is 36.5 Å². The summed E-state index contributed by atoms with van der Waals surface area (Å²) in [7, 11) is 0. The minimum atomic E-state index is -1.54. The highest BCUT2D eigenvalue weighted by Crippen LogP contribution is 2.23. The van der Waals surface area contributed by atoms with Crippen LogP contribution in [0.2, 0.25) is 0 Å². The zero-order chi connectivity index (χ0) is 45.0. The first-order valence-electron chi connectivity index (χ1n) is 26.1. The van der Waals surface area contributed by atoms with Gasteiger partial charge in [0.2, 0.25) is 0 Å². The molecule has 4 N–H and O–H groups in total. The SMILES string of the molecule is CCCCC/C=C\C/C=C\C/C=C\CCCCCCCCC(=O)OC(COCCCCCCCCCCCCCCCCCCCCCC)COC1OC(CO)C(O)C(O)C1O. The van der Waals surface area contributed by atoms with Gasteiger partial charge in [-0.15, -0.1) is 0 Å². The fraction of sp³-hybridized carbons (Fsp3) is 0.868. The smallest absolute Gasteiger partial charge is 0.306 e. The summed E-state index contributed by atoms with van der Waals surface area (Å²) < 4.78 is 22.9. The lowest BCUT2D eigenvalue weighted by Gasteiger charge is -2.39. The lowest BCUT2D eigenvalue weighted by molar-refractivity contribution is -0.305. The Morgan fingerprint density at radius 2 is 0.935 bits per heavy atom. The fourth-order valence-corrected chi connectivity index (χ4v) is 7.97. The first-order chi connectivity index (χ1) is 30.4. The van der Waals surface area contributed by atoms with Crippen molar-refractivity contribution in [1.82, 2.24) is 0 Å². The number of rotatable bonds is 45. The van der Waals surface area contributed by atoms with Crippen LogP contribution in [0.5, 0.6) is 0 Å². The summed E-state index contributed by atoms with van der Waals surface area (Å²) in [5.74, 6) is -0.322. The van der Waals surface area contributed by atoms with Crippen molar-refractivity contribution in [2.45, 2.75) is 269 Å². The van der Waals surface area contributed by atoms with Gasteiger partial charge in [-0.25, -0.2) is 0 Å². The molecule has 1 heterocycles. The first-order valence-corrected chi connectivity index (χ1v) is 26.1. The van der Waals surface area contributed by atoms with Crippen molar-refractivity contribution < 1.29 is 44.2 Å². The molecule has 0 aromatic rings. The minimum absolute atomic E-state index is 0.116. The lowest BCUT2D eigenvalue weighted by atomic mass is 9.99. The van der Waals surface area contributed by atoms with Gasteiger partial charge in [0.15, 0.2) is 6.29 Å². The van der Waals surface area contributed by atoms with Gasteiger partial charge in [-0.05, 0) is 51.4 Å². The van der Waals surface area contributed by atoms with Crippen molar-refractivity contribution >= 4 is 5.97 Å². The second-order valence-corrected chi connectivity index (χ2v) is 18.0. The van der Waals surface area contributed by atoms with E-state index in [0.717, 1.165) is 57.8 Å². The third kappa shape index (κ3) is 34.8. The molecule has 1 fully saturated rings. The van der Waals surface area contributed by atoms with Gasteiger partial charge in [-0.2, -0.15) is 0 Å². The molecule has 0 aromatic heterocycles. The second-order valence-electron chi connectivity index (χ2n) is 18.0. The van der Waals surface area contributed by atoms with Crippen LogP contribution in [0, 0.1) is 0 Å². The normalized spacial score (nSPS) is 20.0. The molecular formula is C53H98O9. The highest BCUT2D eigenvalue weighted by molar-refractivity contribution is 5.69. The first kappa shape index (κ1) is 58.4. The molecule has 0 bridgehead atoms. The Hall–Kier alpha value is -1.59. The van der Waals surface area contributed by atoms with Gasteiger partial charge < -0.3 is 39.4 Å². The average Bonchev–Trinajstić information content (AvgIpc) is 3.27. The van der Waals surface area contributed by atoms with Crippen molar-refractivity contribution in [2.75, 3.05) is 26.4 Å². The van der Waals surface area contributed by atoms with E-state index in [-0.39, 0.29) is 19.2 Å². The third-order valence-corrected chi connectivity index (χ3v) is 12.1. The van der Waals surface area contributed by atoms with Gasteiger partial charge in [0, 0.05) is 13.0 Å². The summed E-state index contributed by atoms with van der Waals surface area (Å²) in [4.78, 5) is 12.8. The molecule has 364 valence electrons. The molecular weight excluding hydrogens is 781 g/mol. The Morgan fingerprint density at radius 1 is 0.516 bits per heavy atom. The molecule has 1 rings (SSSR count). The highest BCUT2D eigenvalue weighted by Gasteiger charge is 2.44. The number of aliphatic hydroxyl groups excluding tert-OH is 4. The monoisotopic (exact) mass is 879 g/mol. The minimum Gasteiger partial charge on any atom is -0.457 e. The number of hydrogen-bond acceptors (Lipinski definition) is 9. The molecule has 9 nitrogen and oxygen atoms in total. The molecule has 6 atom stereocenters. The van der Waals surface area contributed by atoms with E-state index in [1.165, 1.54) is 154 Å². The van der Waals surface area contributed by atoms with Crippen molar-refractivity contribution in [1.29, 1.82) is 0 Å². The number of hydrogen-bond donors (Lipinski definition) is 4. The van der Waals surface area contributed by atoms with Gasteiger partial charge in [-0.3, -0.25) is 4.79 Å². The molecule has 0 amide bonds. The summed E-state index contributed by atoms with van der Waals surface area (Å²) in [6.07, 6.45) is 47.5. The topological polar surface area (TPSA) is 135 Å². The van der Waals surface area contributed by atoms with E-state index in [9.17, 15) is 25.2 Å². The van der Waals surface area contributed by atoms with Crippen LogP contribution in [0.25, 0.3) is 0 Å². The largest absolute Gasteiger partial charge is 0.457 e. The molecule has 1 saturated heterocycles. The Kier molecular flexibility index (Phi) is 42.0. The summed E-state index contributed by atoms with van der Waals surface area (Å²) in [6, 6.07) is 0. The van der Waals surface area contributed by atoms with Crippen molar-refractivity contribution in [3.8, 4) is 0 Å². The van der Waals surface area contributed by atoms with Crippen LogP contribution < -0.4 is 0 Å². The van der Waals surface area contributed by atoms with E-state index < -0.39 is 43.4 Å². The number of unbranched alkanes of at least 4 members (excludes halogenated alkanes) is 28. The molecule has 0 aromatic carbocycles. The number of esters is 1. The van der Waals surface area contributed by atoms with Gasteiger partial charge >= 0.3 is 5.97 Å². The maximum Gasteiger partial charge on any atom is 0.306 e. The maximum atomic E-state index is 12.8. The third-order valence-electron chi connectivity index (χ3n) is 12.1. The molecule has 62 heavy (non-hydrogen) atoms. The number of allylic oxidation sites excluding steroid dienone is 6. The molecule has 6 unspecified atom stereocenters. The van der Waals surface area contributed by atoms with Crippen molar-refractivity contribution in [3.63, 3.8) is 0 Å². The van der Waals surface area contributed by atoms with Gasteiger partial charge in [0.25, 0.3) is 0 Å². The molecule has 0 radical (unpaired) electrons. The van der Waals surface area contributed by atoms with E-state index in [0.29, 0.717) is 13.0 Å². The Labute approximate surface area is 380 Å². The number of carbonyl (C=O) groups is 1. The van der Waals surface area contributed by atoms with Gasteiger partial charge in [-0.1, -0.05) is 211 Å². The van der Waals surface area contributed by atoms with E-state index >= 15 is 0 Å². The van der Waals surface area contributed by atoms with Crippen molar-refractivity contribution in [3.05, 3.63) is 36.5 Å². The Balaban J connectivity index is 2.20. The number of carbonyl (C=O) groups excluding carboxylic acids is 1. The van der Waals surface area contributed by atoms with E-state index in [4.69, 9.17) is 18.9 Å². The average molecular weight is 879 g/mol. The van der Waals surface area contributed by atoms with Crippen LogP contribution in [-0.4, -0.2) is 89.6 Å². The van der Waals surface area contributed by atoms with E-state index in [1.54, 1.807) is 0 Å². The lowest BCUT2D eigenvalue weighted by Crippen LogP contribution is -2.59. The molecule has 0 spiro atoms. The number of ether oxygens (including phenoxy) is 4. The molecule has 9 heteroatoms. The predicted octanol–water partition coefficient (Wildman–Crippen LogP) is 12.7. The zero-order valence-electron chi connectivity index (χ0n) is 40.1. The predicted molar refractivity (Wildman–Crippen MR) is 256 cm³/mol. The highest BCUT2D eigenvalue weighted by atomic mass is 16.7. The quantitative estimate of drug-likeness (QED) is 0.0268. The summed E-state index contributed by atoms with van der Waals surface area (Å²) >= 11 is 0.